The van der Waals surface area contributed by atoms with Crippen LogP contribution in [0.5, 0.6) is 0 Å². The van der Waals surface area contributed by atoms with Gasteiger partial charge in [-0.05, 0) is 59.1 Å². The van der Waals surface area contributed by atoms with E-state index in [4.69, 9.17) is 14.0 Å². The van der Waals surface area contributed by atoms with Gasteiger partial charge in [-0.15, -0.1) is 0 Å². The molecule has 3 rings (SSSR count). The van der Waals surface area contributed by atoms with Gasteiger partial charge in [0.1, 0.15) is 11.2 Å². The molecule has 3 unspecified atom stereocenters. The number of hydrogen-bond acceptors (Lipinski definition) is 4. The fourth-order valence-electron chi connectivity index (χ4n) is 3.80. The van der Waals surface area contributed by atoms with Crippen LogP contribution in [0, 0.1) is 0 Å². The molecule has 0 radical (unpaired) electrons. The van der Waals surface area contributed by atoms with Gasteiger partial charge < -0.3 is 19.4 Å². The fourth-order valence-corrected chi connectivity index (χ4v) is 3.80. The Morgan fingerprint density at radius 1 is 1.25 bits per heavy atom. The van der Waals surface area contributed by atoms with Gasteiger partial charge in [0, 0.05) is 5.82 Å². The molecule has 1 aliphatic heterocycles. The molecule has 1 aromatic rings. The van der Waals surface area contributed by atoms with E-state index in [1.54, 1.807) is 34.6 Å². The van der Waals surface area contributed by atoms with Crippen LogP contribution in [0.25, 0.3) is 0 Å². The van der Waals surface area contributed by atoms with Crippen molar-refractivity contribution in [3.63, 3.8) is 0 Å². The van der Waals surface area contributed by atoms with Crippen LogP contribution in [0.1, 0.15) is 58.7 Å². The third-order valence-electron chi connectivity index (χ3n) is 5.68. The lowest BCUT2D eigenvalue weighted by Crippen LogP contribution is -2.50. The second-order valence-corrected chi connectivity index (χ2v) is 9.21. The molecule has 1 amide bonds. The minimum atomic E-state index is -2.70. The van der Waals surface area contributed by atoms with Gasteiger partial charge in [-0.2, -0.15) is 0 Å². The van der Waals surface area contributed by atoms with E-state index in [0.29, 0.717) is 6.42 Å². The van der Waals surface area contributed by atoms with E-state index in [2.05, 4.69) is 5.32 Å². The maximum Gasteiger partial charge on any atom is 0.464 e. The summed E-state index contributed by atoms with van der Waals surface area (Å²) in [6.45, 7) is 9.94. The lowest BCUT2D eigenvalue weighted by Gasteiger charge is -2.35. The summed E-state index contributed by atoms with van der Waals surface area (Å²) in [5.41, 5.74) is -1.59. The lowest BCUT2D eigenvalue weighted by molar-refractivity contribution is -0.115. The molecular formula is C20H28BF2NO4. The molecule has 0 bridgehead atoms. The quantitative estimate of drug-likeness (QED) is 0.765. The molecule has 5 nitrogen and oxygen atoms in total. The van der Waals surface area contributed by atoms with E-state index < -0.39 is 42.5 Å². The van der Waals surface area contributed by atoms with Crippen molar-refractivity contribution in [1.29, 1.82) is 0 Å². The molecule has 2 aliphatic rings. The van der Waals surface area contributed by atoms with Crippen molar-refractivity contribution >= 4 is 13.2 Å². The summed E-state index contributed by atoms with van der Waals surface area (Å²) in [7, 11) is -0.874. The van der Waals surface area contributed by atoms with Crippen LogP contribution in [-0.2, 0) is 20.5 Å². The summed E-state index contributed by atoms with van der Waals surface area (Å²) in [6, 6.07) is 7.23. The molecular weight excluding hydrogens is 367 g/mol. The molecule has 0 aromatic heterocycles. The number of ether oxygens (including phenoxy) is 1. The lowest BCUT2D eigenvalue weighted by atomic mass is 9.68. The minimum absolute atomic E-state index is 0.343. The number of fused-ring (bicyclic) bond motifs is 1. The Morgan fingerprint density at radius 2 is 1.89 bits per heavy atom. The summed E-state index contributed by atoms with van der Waals surface area (Å²) < 4.78 is 44.6. The van der Waals surface area contributed by atoms with Gasteiger partial charge in [0.15, 0.2) is 0 Å². The van der Waals surface area contributed by atoms with Gasteiger partial charge in [0.25, 0.3) is 6.43 Å². The number of nitrogens with one attached hydrogen (secondary N) is 1. The van der Waals surface area contributed by atoms with Crippen molar-refractivity contribution < 1.29 is 27.6 Å². The summed E-state index contributed by atoms with van der Waals surface area (Å²) in [4.78, 5) is 12.4. The number of benzene rings is 1. The van der Waals surface area contributed by atoms with Crippen molar-refractivity contribution in [2.24, 2.45) is 0 Å². The maximum absolute atomic E-state index is 13.7. The molecule has 0 spiro atoms. The first-order chi connectivity index (χ1) is 12.8. The molecule has 154 valence electrons. The van der Waals surface area contributed by atoms with E-state index in [9.17, 15) is 13.6 Å². The largest absolute Gasteiger partial charge is 0.464 e. The van der Waals surface area contributed by atoms with E-state index in [-0.39, 0.29) is 5.82 Å². The van der Waals surface area contributed by atoms with Crippen LogP contribution in [0.3, 0.4) is 0 Å². The van der Waals surface area contributed by atoms with Gasteiger partial charge in [0.05, 0.1) is 11.6 Å². The number of hydrogen-bond donors (Lipinski definition) is 1. The van der Waals surface area contributed by atoms with Crippen LogP contribution in [0.15, 0.2) is 24.3 Å². The molecule has 1 N–H and O–H groups in total. The molecule has 28 heavy (non-hydrogen) atoms. The zero-order chi connectivity index (χ0) is 20.9. The Hall–Kier alpha value is -1.67. The molecule has 1 aromatic carbocycles. The van der Waals surface area contributed by atoms with Crippen molar-refractivity contribution in [2.75, 3.05) is 0 Å². The van der Waals surface area contributed by atoms with Crippen molar-refractivity contribution in [2.45, 2.75) is 83.1 Å². The molecule has 8 heteroatoms. The number of amides is 1. The van der Waals surface area contributed by atoms with Crippen LogP contribution in [0.2, 0.25) is 5.82 Å². The Morgan fingerprint density at radius 3 is 2.46 bits per heavy atom. The number of alkyl carbamates (subject to hydrolysis) is 1. The van der Waals surface area contributed by atoms with Crippen molar-refractivity contribution in [3.05, 3.63) is 35.4 Å². The highest BCUT2D eigenvalue weighted by Gasteiger charge is 2.62. The van der Waals surface area contributed by atoms with Crippen LogP contribution >= 0.6 is 0 Å². The predicted octanol–water partition coefficient (Wildman–Crippen LogP) is 4.52. The van der Waals surface area contributed by atoms with Gasteiger partial charge in [-0.25, -0.2) is 13.6 Å². The monoisotopic (exact) mass is 395 g/mol. The highest BCUT2D eigenvalue weighted by Crippen LogP contribution is 2.50. The first kappa shape index (κ1) is 21.1. The Bertz CT molecular complexity index is 752. The maximum atomic E-state index is 13.7. The zero-order valence-corrected chi connectivity index (χ0v) is 17.2. The molecule has 1 aliphatic carbocycles. The Balaban J connectivity index is 1.87. The third-order valence-corrected chi connectivity index (χ3v) is 5.68. The van der Waals surface area contributed by atoms with Crippen molar-refractivity contribution in [3.8, 4) is 0 Å². The van der Waals surface area contributed by atoms with Gasteiger partial charge >= 0.3 is 13.2 Å². The fraction of sp³-hybridized carbons (Fsp3) is 0.650. The van der Waals surface area contributed by atoms with Crippen LogP contribution in [-0.4, -0.2) is 36.4 Å². The number of alkyl halides is 2. The third kappa shape index (κ3) is 3.76. The average molecular weight is 395 g/mol. The predicted molar refractivity (Wildman–Crippen MR) is 102 cm³/mol. The molecule has 3 atom stereocenters. The first-order valence-electron chi connectivity index (χ1n) is 9.55. The van der Waals surface area contributed by atoms with E-state index in [1.807, 2.05) is 24.3 Å². The number of carbonyl (C=O) groups is 1. The van der Waals surface area contributed by atoms with Gasteiger partial charge in [-0.1, -0.05) is 24.3 Å². The summed E-state index contributed by atoms with van der Waals surface area (Å²) >= 11 is 0. The normalized spacial score (nSPS) is 29.1. The summed E-state index contributed by atoms with van der Waals surface area (Å²) in [6.07, 6.45) is -2.71. The summed E-state index contributed by atoms with van der Waals surface area (Å²) in [5.74, 6) is -0.343. The number of halogens is 2. The smallest absolute Gasteiger partial charge is 0.444 e. The second-order valence-electron chi connectivity index (χ2n) is 9.21. The van der Waals surface area contributed by atoms with E-state index in [0.717, 1.165) is 11.1 Å². The van der Waals surface area contributed by atoms with Gasteiger partial charge in [-0.3, -0.25) is 0 Å². The summed E-state index contributed by atoms with van der Waals surface area (Å²) in [5, 5.41) is 2.89. The van der Waals surface area contributed by atoms with Crippen LogP contribution in [0.4, 0.5) is 13.6 Å². The first-order valence-corrected chi connectivity index (χ1v) is 9.55. The minimum Gasteiger partial charge on any atom is -0.444 e. The van der Waals surface area contributed by atoms with E-state index >= 15 is 0 Å². The highest BCUT2D eigenvalue weighted by molar-refractivity contribution is 6.48. The SMILES string of the molecule is CC(C)(C)OC(=O)NC1c2ccccc2CC1B1OC(C)(C)C(C)(C(F)F)O1. The Kier molecular flexibility index (Phi) is 5.25. The van der Waals surface area contributed by atoms with E-state index in [1.165, 1.54) is 6.92 Å². The standard InChI is InChI=1S/C20H28BF2NO4/c1-18(2,3)26-17(25)24-15-13-10-8-7-9-12(13)11-14(15)21-27-19(4,5)20(6,28-21)16(22)23/h7-10,14-16H,11H2,1-6H3,(H,24,25). The zero-order valence-electron chi connectivity index (χ0n) is 17.2. The van der Waals surface area contributed by atoms with Gasteiger partial charge in [0.2, 0.25) is 0 Å². The van der Waals surface area contributed by atoms with Crippen molar-refractivity contribution in [1.82, 2.24) is 5.32 Å². The second kappa shape index (κ2) is 6.99. The topological polar surface area (TPSA) is 56.8 Å². The van der Waals surface area contributed by atoms with Crippen LogP contribution < -0.4 is 5.32 Å². The molecule has 0 saturated carbocycles. The average Bonchev–Trinajstić information content (AvgIpc) is 3.02. The Labute approximate surface area is 165 Å². The molecule has 1 heterocycles. The molecule has 1 saturated heterocycles. The number of rotatable bonds is 3. The molecule has 1 fully saturated rings. The highest BCUT2D eigenvalue weighted by atomic mass is 19.3. The number of carbonyl (C=O) groups excluding carboxylic acids is 1.